The SMILES string of the molecule is CC1NCCN(CCCCCO)C1=O. The summed E-state index contributed by atoms with van der Waals surface area (Å²) >= 11 is 0. The molecule has 1 rings (SSSR count). The van der Waals surface area contributed by atoms with Crippen LogP contribution in [0, 0.1) is 0 Å². The third-order valence-corrected chi connectivity index (χ3v) is 2.60. The van der Waals surface area contributed by atoms with E-state index in [0.717, 1.165) is 38.9 Å². The second-order valence-corrected chi connectivity index (χ2v) is 3.79. The molecule has 4 nitrogen and oxygen atoms in total. The molecule has 0 aromatic heterocycles. The molecule has 1 aliphatic rings. The van der Waals surface area contributed by atoms with Gasteiger partial charge in [0.15, 0.2) is 0 Å². The first-order valence-corrected chi connectivity index (χ1v) is 5.38. The monoisotopic (exact) mass is 200 g/mol. The van der Waals surface area contributed by atoms with Gasteiger partial charge in [0.05, 0.1) is 6.04 Å². The second-order valence-electron chi connectivity index (χ2n) is 3.79. The van der Waals surface area contributed by atoms with Crippen LogP contribution in [0.15, 0.2) is 0 Å². The highest BCUT2D eigenvalue weighted by Gasteiger charge is 2.23. The standard InChI is InChI=1S/C10H20N2O2/c1-9-10(14)12(7-5-11-9)6-3-2-4-8-13/h9,11,13H,2-8H2,1H3. The molecule has 0 bridgehead atoms. The minimum atomic E-state index is -0.0263. The van der Waals surface area contributed by atoms with E-state index in [9.17, 15) is 4.79 Å². The molecule has 1 unspecified atom stereocenters. The Hall–Kier alpha value is -0.610. The summed E-state index contributed by atoms with van der Waals surface area (Å²) in [4.78, 5) is 13.5. The van der Waals surface area contributed by atoms with Crippen molar-refractivity contribution in [3.63, 3.8) is 0 Å². The van der Waals surface area contributed by atoms with Gasteiger partial charge in [0.1, 0.15) is 0 Å². The molecule has 14 heavy (non-hydrogen) atoms. The van der Waals surface area contributed by atoms with Crippen molar-refractivity contribution in [3.8, 4) is 0 Å². The molecule has 0 aromatic carbocycles. The van der Waals surface area contributed by atoms with Crippen molar-refractivity contribution in [1.82, 2.24) is 10.2 Å². The van der Waals surface area contributed by atoms with Crippen molar-refractivity contribution in [2.45, 2.75) is 32.2 Å². The minimum Gasteiger partial charge on any atom is -0.396 e. The summed E-state index contributed by atoms with van der Waals surface area (Å²) in [5.41, 5.74) is 0. The summed E-state index contributed by atoms with van der Waals surface area (Å²) in [6.45, 7) is 4.72. The molecule has 1 saturated heterocycles. The predicted molar refractivity (Wildman–Crippen MR) is 55.0 cm³/mol. The number of aliphatic hydroxyl groups excluding tert-OH is 1. The zero-order valence-electron chi connectivity index (χ0n) is 8.83. The Balaban J connectivity index is 2.19. The molecule has 1 fully saturated rings. The number of carbonyl (C=O) groups excluding carboxylic acids is 1. The van der Waals surface area contributed by atoms with E-state index in [-0.39, 0.29) is 18.6 Å². The molecule has 0 spiro atoms. The number of unbranched alkanes of at least 4 members (excludes halogenated alkanes) is 2. The molecule has 0 aliphatic carbocycles. The van der Waals surface area contributed by atoms with E-state index in [4.69, 9.17) is 5.11 Å². The maximum Gasteiger partial charge on any atom is 0.239 e. The van der Waals surface area contributed by atoms with Crippen molar-refractivity contribution < 1.29 is 9.90 Å². The molecule has 4 heteroatoms. The first-order valence-electron chi connectivity index (χ1n) is 5.38. The first-order chi connectivity index (χ1) is 6.75. The first kappa shape index (κ1) is 11.5. The summed E-state index contributed by atoms with van der Waals surface area (Å²) in [5.74, 6) is 0.209. The van der Waals surface area contributed by atoms with Crippen LogP contribution in [0.5, 0.6) is 0 Å². The molecule has 1 aliphatic heterocycles. The number of nitrogens with zero attached hydrogens (tertiary/aromatic N) is 1. The average Bonchev–Trinajstić information content (AvgIpc) is 2.19. The molecule has 82 valence electrons. The average molecular weight is 200 g/mol. The van der Waals surface area contributed by atoms with Gasteiger partial charge < -0.3 is 15.3 Å². The quantitative estimate of drug-likeness (QED) is 0.613. The topological polar surface area (TPSA) is 52.6 Å². The fourth-order valence-electron chi connectivity index (χ4n) is 1.70. The van der Waals surface area contributed by atoms with Gasteiger partial charge in [0.2, 0.25) is 5.91 Å². The smallest absolute Gasteiger partial charge is 0.239 e. The van der Waals surface area contributed by atoms with Crippen LogP contribution >= 0.6 is 0 Å². The highest BCUT2D eigenvalue weighted by Crippen LogP contribution is 2.04. The van der Waals surface area contributed by atoms with E-state index >= 15 is 0 Å². The van der Waals surface area contributed by atoms with E-state index in [1.54, 1.807) is 0 Å². The van der Waals surface area contributed by atoms with Gasteiger partial charge in [-0.2, -0.15) is 0 Å². The molecule has 2 N–H and O–H groups in total. The fourth-order valence-corrected chi connectivity index (χ4v) is 1.70. The number of aliphatic hydroxyl groups is 1. The molecule has 1 heterocycles. The van der Waals surface area contributed by atoms with E-state index in [2.05, 4.69) is 5.32 Å². The van der Waals surface area contributed by atoms with Gasteiger partial charge >= 0.3 is 0 Å². The highest BCUT2D eigenvalue weighted by molar-refractivity contribution is 5.82. The van der Waals surface area contributed by atoms with Crippen molar-refractivity contribution in [2.24, 2.45) is 0 Å². The predicted octanol–water partition coefficient (Wildman–Crippen LogP) is -0.0307. The lowest BCUT2D eigenvalue weighted by Crippen LogP contribution is -2.53. The number of hydrogen-bond acceptors (Lipinski definition) is 3. The Bertz CT molecular complexity index is 185. The van der Waals surface area contributed by atoms with E-state index in [1.807, 2.05) is 11.8 Å². The number of hydrogen-bond donors (Lipinski definition) is 2. The Labute approximate surface area is 85.3 Å². The van der Waals surface area contributed by atoms with Crippen molar-refractivity contribution >= 4 is 5.91 Å². The normalized spacial score (nSPS) is 22.9. The number of nitrogens with one attached hydrogen (secondary N) is 1. The van der Waals surface area contributed by atoms with Crippen LogP contribution in [0.2, 0.25) is 0 Å². The number of carbonyl (C=O) groups is 1. The van der Waals surface area contributed by atoms with Crippen molar-refractivity contribution in [1.29, 1.82) is 0 Å². The maximum absolute atomic E-state index is 11.6. The third-order valence-electron chi connectivity index (χ3n) is 2.60. The van der Waals surface area contributed by atoms with Gasteiger partial charge in [-0.05, 0) is 26.2 Å². The largest absolute Gasteiger partial charge is 0.396 e. The number of amides is 1. The molecule has 0 aromatic rings. The van der Waals surface area contributed by atoms with Crippen LogP contribution in [0.1, 0.15) is 26.2 Å². The van der Waals surface area contributed by atoms with Crippen molar-refractivity contribution in [2.75, 3.05) is 26.2 Å². The zero-order valence-corrected chi connectivity index (χ0v) is 8.83. The van der Waals surface area contributed by atoms with Crippen LogP contribution in [-0.4, -0.2) is 48.2 Å². The Kier molecular flexibility index (Phi) is 4.90. The van der Waals surface area contributed by atoms with Gasteiger partial charge in [0.25, 0.3) is 0 Å². The lowest BCUT2D eigenvalue weighted by Gasteiger charge is -2.31. The van der Waals surface area contributed by atoms with Crippen LogP contribution in [0.4, 0.5) is 0 Å². The molecule has 1 amide bonds. The summed E-state index contributed by atoms with van der Waals surface area (Å²) in [6.07, 6.45) is 2.84. The van der Waals surface area contributed by atoms with E-state index in [0.29, 0.717) is 0 Å². The summed E-state index contributed by atoms with van der Waals surface area (Å²) in [7, 11) is 0. The lowest BCUT2D eigenvalue weighted by atomic mass is 10.2. The molecule has 0 radical (unpaired) electrons. The van der Waals surface area contributed by atoms with Crippen LogP contribution < -0.4 is 5.32 Å². The van der Waals surface area contributed by atoms with Gasteiger partial charge in [-0.3, -0.25) is 4.79 Å². The van der Waals surface area contributed by atoms with Gasteiger partial charge in [0, 0.05) is 26.2 Å². The van der Waals surface area contributed by atoms with Crippen molar-refractivity contribution in [3.05, 3.63) is 0 Å². The fraction of sp³-hybridized carbons (Fsp3) is 0.900. The Morgan fingerprint density at radius 3 is 3.00 bits per heavy atom. The Morgan fingerprint density at radius 2 is 2.29 bits per heavy atom. The molecule has 0 saturated carbocycles. The Morgan fingerprint density at radius 1 is 1.50 bits per heavy atom. The molecular weight excluding hydrogens is 180 g/mol. The van der Waals surface area contributed by atoms with E-state index < -0.39 is 0 Å². The lowest BCUT2D eigenvalue weighted by molar-refractivity contribution is -0.135. The second kappa shape index (κ2) is 5.98. The third kappa shape index (κ3) is 3.27. The summed E-state index contributed by atoms with van der Waals surface area (Å²) in [6, 6.07) is -0.0263. The molecular formula is C10H20N2O2. The van der Waals surface area contributed by atoms with E-state index in [1.165, 1.54) is 0 Å². The minimum absolute atomic E-state index is 0.0263. The number of rotatable bonds is 5. The zero-order chi connectivity index (χ0) is 10.4. The van der Waals surface area contributed by atoms with Crippen LogP contribution in [0.25, 0.3) is 0 Å². The number of piperazine rings is 1. The maximum atomic E-state index is 11.6. The summed E-state index contributed by atoms with van der Waals surface area (Å²) < 4.78 is 0. The van der Waals surface area contributed by atoms with Gasteiger partial charge in [-0.15, -0.1) is 0 Å². The van der Waals surface area contributed by atoms with Gasteiger partial charge in [-0.1, -0.05) is 0 Å². The summed E-state index contributed by atoms with van der Waals surface area (Å²) in [5, 5.41) is 11.7. The highest BCUT2D eigenvalue weighted by atomic mass is 16.2. The van der Waals surface area contributed by atoms with Crippen LogP contribution in [0.3, 0.4) is 0 Å². The van der Waals surface area contributed by atoms with Gasteiger partial charge in [-0.25, -0.2) is 0 Å². The molecule has 1 atom stereocenters. The van der Waals surface area contributed by atoms with Crippen LogP contribution in [-0.2, 0) is 4.79 Å².